The molecule has 1 aromatic heterocycles. The first-order chi connectivity index (χ1) is 6.29. The predicted octanol–water partition coefficient (Wildman–Crippen LogP) is 1.94. The summed E-state index contributed by atoms with van der Waals surface area (Å²) in [5.74, 6) is -0.620. The van der Waals surface area contributed by atoms with Crippen LogP contribution in [0.1, 0.15) is 0 Å². The Kier molecular flexibility index (Phi) is 2.83. The van der Waals surface area contributed by atoms with E-state index < -0.39 is 24.2 Å². The van der Waals surface area contributed by atoms with Crippen molar-refractivity contribution in [3.63, 3.8) is 0 Å². The fourth-order valence-corrected chi connectivity index (χ4v) is 1.28. The molecule has 78 valence electrons. The highest BCUT2D eigenvalue weighted by Crippen LogP contribution is 2.23. The van der Waals surface area contributed by atoms with Crippen LogP contribution in [0.3, 0.4) is 0 Å². The van der Waals surface area contributed by atoms with Gasteiger partial charge in [-0.2, -0.15) is 0 Å². The van der Waals surface area contributed by atoms with Gasteiger partial charge in [-0.15, -0.1) is 0 Å². The molecule has 0 atom stereocenters. The summed E-state index contributed by atoms with van der Waals surface area (Å²) >= 11 is 2.74. The Morgan fingerprint density at radius 3 is 2.57 bits per heavy atom. The fraction of sp³-hybridized carbons (Fsp3) is 0.250. The van der Waals surface area contributed by atoms with Crippen molar-refractivity contribution in [3.8, 4) is 0 Å². The predicted molar refractivity (Wildman–Crippen MR) is 45.7 cm³/mol. The standard InChI is InChI=1S/C4H3BBrF3N3O2/c6-3-1-11(2-5(7,8)9)10-4(3)12(13)14/h1H,2H2/q-1. The zero-order valence-corrected chi connectivity index (χ0v) is 8.12. The quantitative estimate of drug-likeness (QED) is 0.480. The third-order valence-electron chi connectivity index (χ3n) is 1.27. The summed E-state index contributed by atoms with van der Waals surface area (Å²) in [6, 6.07) is 0. The van der Waals surface area contributed by atoms with Crippen LogP contribution in [0.4, 0.5) is 18.8 Å². The van der Waals surface area contributed by atoms with Crippen molar-refractivity contribution >= 4 is 28.7 Å². The van der Waals surface area contributed by atoms with Crippen molar-refractivity contribution in [1.82, 2.24) is 9.78 Å². The number of hydrogen-bond donors (Lipinski definition) is 0. The van der Waals surface area contributed by atoms with Crippen LogP contribution >= 0.6 is 15.9 Å². The lowest BCUT2D eigenvalue weighted by Gasteiger charge is -2.09. The Morgan fingerprint density at radius 1 is 1.64 bits per heavy atom. The lowest BCUT2D eigenvalue weighted by atomic mass is 9.93. The average molecular weight is 273 g/mol. The Labute approximate surface area is 84.2 Å². The van der Waals surface area contributed by atoms with Crippen LogP contribution in [0.5, 0.6) is 0 Å². The number of nitrogens with zero attached hydrogens (tertiary/aromatic N) is 3. The lowest BCUT2D eigenvalue weighted by molar-refractivity contribution is -0.390. The number of rotatable bonds is 3. The van der Waals surface area contributed by atoms with Gasteiger partial charge < -0.3 is 23.1 Å². The first kappa shape index (κ1) is 11.0. The van der Waals surface area contributed by atoms with Gasteiger partial charge in [-0.25, -0.2) is 4.68 Å². The molecule has 0 saturated heterocycles. The number of hydrogen-bond acceptors (Lipinski definition) is 3. The van der Waals surface area contributed by atoms with Crippen molar-refractivity contribution in [2.75, 3.05) is 0 Å². The van der Waals surface area contributed by atoms with Crippen LogP contribution in [0.25, 0.3) is 0 Å². The van der Waals surface area contributed by atoms with E-state index in [0.29, 0.717) is 4.68 Å². The van der Waals surface area contributed by atoms with Crippen molar-refractivity contribution in [2.24, 2.45) is 0 Å². The van der Waals surface area contributed by atoms with Gasteiger partial charge in [0.25, 0.3) is 0 Å². The maximum Gasteiger partial charge on any atom is 0.501 e. The maximum absolute atomic E-state index is 11.9. The summed E-state index contributed by atoms with van der Waals surface area (Å²) in [5, 5.41) is 13.4. The molecule has 0 fully saturated rings. The SMILES string of the molecule is O=[N+]([O-])c1nn(C[B-](F)(F)F)cc1Br. The Hall–Kier alpha value is -1.06. The second-order valence-corrected chi connectivity index (χ2v) is 3.34. The molecule has 1 heterocycles. The largest absolute Gasteiger partial charge is 0.501 e. The van der Waals surface area contributed by atoms with Gasteiger partial charge in [-0.1, -0.05) is 0 Å². The summed E-state index contributed by atoms with van der Waals surface area (Å²) in [6.45, 7) is -5.05. The van der Waals surface area contributed by atoms with Crippen LogP contribution in [-0.2, 0) is 6.44 Å². The monoisotopic (exact) mass is 272 g/mol. The van der Waals surface area contributed by atoms with Crippen LogP contribution in [0.15, 0.2) is 10.7 Å². The number of nitro groups is 1. The Morgan fingerprint density at radius 2 is 2.21 bits per heavy atom. The van der Waals surface area contributed by atoms with Gasteiger partial charge in [0.05, 0.1) is 11.3 Å². The topological polar surface area (TPSA) is 61.0 Å². The molecule has 0 bridgehead atoms. The minimum Gasteiger partial charge on any atom is -0.448 e. The van der Waals surface area contributed by atoms with E-state index in [-0.39, 0.29) is 4.47 Å². The van der Waals surface area contributed by atoms with Gasteiger partial charge in [-0.3, -0.25) is 0 Å². The summed E-state index contributed by atoms with van der Waals surface area (Å²) in [4.78, 5) is 9.37. The lowest BCUT2D eigenvalue weighted by Crippen LogP contribution is -2.24. The third kappa shape index (κ3) is 2.72. The summed E-state index contributed by atoms with van der Waals surface area (Å²) in [6.07, 6.45) is -0.361. The summed E-state index contributed by atoms with van der Waals surface area (Å²) < 4.78 is 36.1. The van der Waals surface area contributed by atoms with Crippen LogP contribution in [0, 0.1) is 10.1 Å². The zero-order chi connectivity index (χ0) is 10.9. The van der Waals surface area contributed by atoms with E-state index in [1.54, 1.807) is 0 Å². The molecule has 5 nitrogen and oxygen atoms in total. The van der Waals surface area contributed by atoms with E-state index in [1.807, 2.05) is 0 Å². The van der Waals surface area contributed by atoms with E-state index >= 15 is 0 Å². The average Bonchev–Trinajstić information content (AvgIpc) is 2.26. The molecule has 0 aliphatic rings. The summed E-state index contributed by atoms with van der Waals surface area (Å²) in [7, 11) is 0. The fourth-order valence-electron chi connectivity index (χ4n) is 0.816. The first-order valence-corrected chi connectivity index (χ1v) is 4.17. The van der Waals surface area contributed by atoms with Crippen molar-refractivity contribution in [1.29, 1.82) is 0 Å². The van der Waals surface area contributed by atoms with Crippen molar-refractivity contribution in [2.45, 2.75) is 6.44 Å². The second-order valence-electron chi connectivity index (χ2n) is 2.49. The van der Waals surface area contributed by atoms with E-state index in [0.717, 1.165) is 6.20 Å². The molecule has 0 spiro atoms. The molecular formula is C4H3BBrF3N3O2-. The molecule has 0 saturated carbocycles. The maximum atomic E-state index is 11.9. The molecule has 1 rings (SSSR count). The highest BCUT2D eigenvalue weighted by atomic mass is 79.9. The number of halogens is 4. The molecule has 0 N–H and O–H groups in total. The van der Waals surface area contributed by atoms with Gasteiger partial charge >= 0.3 is 12.8 Å². The third-order valence-corrected chi connectivity index (χ3v) is 1.83. The molecular weight excluding hydrogens is 270 g/mol. The minimum atomic E-state index is -5.05. The highest BCUT2D eigenvalue weighted by Gasteiger charge is 2.28. The molecule has 0 aromatic carbocycles. The Bertz CT molecular complexity index is 365. The van der Waals surface area contributed by atoms with Gasteiger partial charge in [0.15, 0.2) is 0 Å². The molecule has 0 radical (unpaired) electrons. The molecule has 0 aliphatic carbocycles. The highest BCUT2D eigenvalue weighted by molar-refractivity contribution is 9.10. The normalized spacial score (nSPS) is 11.7. The molecule has 14 heavy (non-hydrogen) atoms. The van der Waals surface area contributed by atoms with E-state index in [9.17, 15) is 23.1 Å². The smallest absolute Gasteiger partial charge is 0.448 e. The Balaban J connectivity index is 2.92. The molecule has 0 amide bonds. The molecule has 1 aromatic rings. The minimum absolute atomic E-state index is 0.0671. The van der Waals surface area contributed by atoms with Crippen LogP contribution < -0.4 is 0 Å². The van der Waals surface area contributed by atoms with Crippen LogP contribution in [0.2, 0.25) is 0 Å². The molecule has 10 heteroatoms. The first-order valence-electron chi connectivity index (χ1n) is 3.38. The second kappa shape index (κ2) is 3.60. The van der Waals surface area contributed by atoms with E-state index in [4.69, 9.17) is 0 Å². The molecule has 0 unspecified atom stereocenters. The van der Waals surface area contributed by atoms with Crippen molar-refractivity contribution in [3.05, 3.63) is 20.8 Å². The van der Waals surface area contributed by atoms with E-state index in [1.165, 1.54) is 0 Å². The summed E-state index contributed by atoms with van der Waals surface area (Å²) in [5.41, 5.74) is 0. The van der Waals surface area contributed by atoms with Gasteiger partial charge in [0.2, 0.25) is 0 Å². The van der Waals surface area contributed by atoms with E-state index in [2.05, 4.69) is 21.0 Å². The van der Waals surface area contributed by atoms with Gasteiger partial charge in [0, 0.05) is 6.44 Å². The van der Waals surface area contributed by atoms with Crippen molar-refractivity contribution < 1.29 is 17.9 Å². The van der Waals surface area contributed by atoms with Gasteiger partial charge in [0.1, 0.15) is 4.47 Å². The van der Waals surface area contributed by atoms with Crippen LogP contribution in [-0.4, -0.2) is 21.7 Å². The number of aromatic nitrogens is 2. The van der Waals surface area contributed by atoms with Gasteiger partial charge in [-0.05, 0) is 20.9 Å². The zero-order valence-electron chi connectivity index (χ0n) is 6.53. The molecule has 0 aliphatic heterocycles.